The molecular weight excluding hydrogens is 490 g/mol. The van der Waals surface area contributed by atoms with E-state index in [-0.39, 0.29) is 0 Å². The van der Waals surface area contributed by atoms with Crippen molar-refractivity contribution < 1.29 is 19.1 Å². The van der Waals surface area contributed by atoms with Crippen LogP contribution in [0.2, 0.25) is 5.02 Å². The highest BCUT2D eigenvalue weighted by Gasteiger charge is 2.27. The Morgan fingerprint density at radius 2 is 1.46 bits per heavy atom. The lowest BCUT2D eigenvalue weighted by atomic mass is 10.0. The normalized spacial score (nSPS) is 12.3. The van der Waals surface area contributed by atoms with Gasteiger partial charge >= 0.3 is 0 Å². The first kappa shape index (κ1) is 25.7. The van der Waals surface area contributed by atoms with E-state index >= 15 is 0 Å². The van der Waals surface area contributed by atoms with Gasteiger partial charge in [-0.05, 0) is 65.7 Å². The van der Waals surface area contributed by atoms with Gasteiger partial charge in [0.25, 0.3) is 5.91 Å². The average Bonchev–Trinajstić information content (AvgIpc) is 2.92. The zero-order valence-electron chi connectivity index (χ0n) is 20.3. The highest BCUT2D eigenvalue weighted by atomic mass is 35.5. The summed E-state index contributed by atoms with van der Waals surface area (Å²) < 4.78 is 5.12. The Morgan fingerprint density at radius 1 is 0.784 bits per heavy atom. The van der Waals surface area contributed by atoms with E-state index in [1.165, 1.54) is 0 Å². The number of anilines is 1. The van der Waals surface area contributed by atoms with E-state index in [1.54, 1.807) is 74.7 Å². The van der Waals surface area contributed by atoms with Gasteiger partial charge < -0.3 is 20.7 Å². The number of methoxy groups -OCH3 is 1. The third-order valence-electron chi connectivity index (χ3n) is 5.88. The Balaban J connectivity index is 1.53. The lowest BCUT2D eigenvalue weighted by Gasteiger charge is -2.22. The molecule has 0 aromatic heterocycles. The first-order valence-corrected chi connectivity index (χ1v) is 12.0. The monoisotopic (exact) mass is 515 g/mol. The second kappa shape index (κ2) is 11.6. The minimum Gasteiger partial charge on any atom is -0.497 e. The first-order chi connectivity index (χ1) is 17.9. The van der Waals surface area contributed by atoms with E-state index < -0.39 is 29.8 Å². The summed E-state index contributed by atoms with van der Waals surface area (Å²) in [7, 11) is 1.56. The van der Waals surface area contributed by atoms with Gasteiger partial charge in [0, 0.05) is 16.3 Å². The van der Waals surface area contributed by atoms with Crippen molar-refractivity contribution in [2.24, 2.45) is 0 Å². The summed E-state index contributed by atoms with van der Waals surface area (Å²) in [5.74, 6) is -0.698. The molecule has 2 atom stereocenters. The van der Waals surface area contributed by atoms with Crippen molar-refractivity contribution in [2.75, 3.05) is 12.4 Å². The summed E-state index contributed by atoms with van der Waals surface area (Å²) in [5, 5.41) is 10.5. The summed E-state index contributed by atoms with van der Waals surface area (Å²) in [5.41, 5.74) is 1.53. The van der Waals surface area contributed by atoms with Gasteiger partial charge in [0.05, 0.1) is 7.11 Å². The fraction of sp³-hybridized carbons (Fsp3) is 0.138. The standard InChI is InChI=1S/C29H26ClN3O4/c1-18(27(34)32-22-14-16-23(37-2)17-15-22)31-29(36)26(20-10-12-21(30)13-11-20)33-28(35)25-9-5-7-19-6-3-4-8-24(19)25/h3-18,26H,1-2H3,(H,31,36)(H,32,34)(H,33,35)/t18?,26-/m0/s1. The van der Waals surface area contributed by atoms with Gasteiger partial charge in [0.2, 0.25) is 11.8 Å². The van der Waals surface area contributed by atoms with E-state index in [9.17, 15) is 14.4 Å². The molecule has 0 spiro atoms. The molecule has 0 saturated carbocycles. The molecule has 3 N–H and O–H groups in total. The lowest BCUT2D eigenvalue weighted by molar-refractivity contribution is -0.127. The Labute approximate surface area is 219 Å². The fourth-order valence-corrected chi connectivity index (χ4v) is 4.00. The van der Waals surface area contributed by atoms with Crippen LogP contribution in [0.4, 0.5) is 5.69 Å². The number of hydrogen-bond donors (Lipinski definition) is 3. The Bertz CT molecular complexity index is 1420. The minimum atomic E-state index is -1.06. The van der Waals surface area contributed by atoms with Crippen LogP contribution in [0.3, 0.4) is 0 Å². The fourth-order valence-electron chi connectivity index (χ4n) is 3.87. The molecule has 4 aromatic rings. The van der Waals surface area contributed by atoms with Crippen molar-refractivity contribution in [1.82, 2.24) is 10.6 Å². The van der Waals surface area contributed by atoms with Gasteiger partial charge in [-0.15, -0.1) is 0 Å². The maximum absolute atomic E-state index is 13.4. The number of amides is 3. The highest BCUT2D eigenvalue weighted by molar-refractivity contribution is 6.30. The second-order valence-electron chi connectivity index (χ2n) is 8.43. The van der Waals surface area contributed by atoms with Crippen LogP contribution in [0.25, 0.3) is 10.8 Å². The maximum atomic E-state index is 13.4. The quantitative estimate of drug-likeness (QED) is 0.303. The Morgan fingerprint density at radius 3 is 2.16 bits per heavy atom. The van der Waals surface area contributed by atoms with Crippen LogP contribution in [0.15, 0.2) is 91.0 Å². The van der Waals surface area contributed by atoms with E-state index in [4.69, 9.17) is 16.3 Å². The number of fused-ring (bicyclic) bond motifs is 1. The molecule has 0 aliphatic carbocycles. The largest absolute Gasteiger partial charge is 0.497 e. The van der Waals surface area contributed by atoms with Gasteiger partial charge in [-0.3, -0.25) is 14.4 Å². The summed E-state index contributed by atoms with van der Waals surface area (Å²) in [6, 6.07) is 24.5. The number of rotatable bonds is 8. The zero-order valence-corrected chi connectivity index (χ0v) is 21.1. The van der Waals surface area contributed by atoms with E-state index in [2.05, 4.69) is 16.0 Å². The molecule has 4 rings (SSSR count). The average molecular weight is 516 g/mol. The first-order valence-electron chi connectivity index (χ1n) is 11.6. The molecule has 0 aliphatic rings. The molecule has 0 saturated heterocycles. The Kier molecular flexibility index (Phi) is 8.05. The summed E-state index contributed by atoms with van der Waals surface area (Å²) in [6.07, 6.45) is 0. The van der Waals surface area contributed by atoms with Crippen LogP contribution in [-0.4, -0.2) is 30.9 Å². The van der Waals surface area contributed by atoms with Crippen molar-refractivity contribution in [2.45, 2.75) is 19.0 Å². The number of halogens is 1. The second-order valence-corrected chi connectivity index (χ2v) is 8.87. The number of ether oxygens (including phenoxy) is 1. The predicted molar refractivity (Wildman–Crippen MR) is 145 cm³/mol. The molecular formula is C29H26ClN3O4. The SMILES string of the molecule is COc1ccc(NC(=O)C(C)NC(=O)[C@@H](NC(=O)c2cccc3ccccc23)c2ccc(Cl)cc2)cc1. The van der Waals surface area contributed by atoms with E-state index in [0.29, 0.717) is 27.6 Å². The summed E-state index contributed by atoms with van der Waals surface area (Å²) >= 11 is 6.04. The number of carbonyl (C=O) groups excluding carboxylic acids is 3. The third kappa shape index (κ3) is 6.26. The van der Waals surface area contributed by atoms with Crippen LogP contribution < -0.4 is 20.7 Å². The zero-order chi connectivity index (χ0) is 26.4. The summed E-state index contributed by atoms with van der Waals surface area (Å²) in [4.78, 5) is 39.4. The van der Waals surface area contributed by atoms with Crippen molar-refractivity contribution in [1.29, 1.82) is 0 Å². The van der Waals surface area contributed by atoms with E-state index in [0.717, 1.165) is 10.8 Å². The molecule has 0 radical (unpaired) electrons. The van der Waals surface area contributed by atoms with Gasteiger partial charge in [0.1, 0.15) is 17.8 Å². The number of benzene rings is 4. The third-order valence-corrected chi connectivity index (χ3v) is 6.14. The topological polar surface area (TPSA) is 96.5 Å². The molecule has 4 aromatic carbocycles. The Hall–Kier alpha value is -4.36. The van der Waals surface area contributed by atoms with Crippen LogP contribution in [-0.2, 0) is 9.59 Å². The van der Waals surface area contributed by atoms with Gasteiger partial charge in [-0.1, -0.05) is 60.1 Å². The minimum absolute atomic E-state index is 0.409. The lowest BCUT2D eigenvalue weighted by Crippen LogP contribution is -2.47. The molecule has 3 amide bonds. The summed E-state index contributed by atoms with van der Waals surface area (Å²) in [6.45, 7) is 1.57. The molecule has 8 heteroatoms. The van der Waals surface area contributed by atoms with Crippen LogP contribution in [0.5, 0.6) is 5.75 Å². The van der Waals surface area contributed by atoms with Crippen LogP contribution in [0, 0.1) is 0 Å². The molecule has 1 unspecified atom stereocenters. The van der Waals surface area contributed by atoms with Crippen LogP contribution >= 0.6 is 11.6 Å². The molecule has 0 bridgehead atoms. The van der Waals surface area contributed by atoms with Crippen LogP contribution in [0.1, 0.15) is 28.9 Å². The molecule has 188 valence electrons. The molecule has 0 heterocycles. The van der Waals surface area contributed by atoms with Crippen molar-refractivity contribution in [3.8, 4) is 5.75 Å². The number of carbonyl (C=O) groups is 3. The molecule has 0 aliphatic heterocycles. The van der Waals surface area contributed by atoms with Crippen molar-refractivity contribution >= 4 is 45.8 Å². The number of nitrogens with one attached hydrogen (secondary N) is 3. The predicted octanol–water partition coefficient (Wildman–Crippen LogP) is 5.12. The molecule has 0 fully saturated rings. The van der Waals surface area contributed by atoms with E-state index in [1.807, 2.05) is 30.3 Å². The molecule has 7 nitrogen and oxygen atoms in total. The van der Waals surface area contributed by atoms with Gasteiger partial charge in [0.15, 0.2) is 0 Å². The van der Waals surface area contributed by atoms with Gasteiger partial charge in [-0.2, -0.15) is 0 Å². The maximum Gasteiger partial charge on any atom is 0.252 e. The van der Waals surface area contributed by atoms with Crippen molar-refractivity contribution in [3.05, 3.63) is 107 Å². The smallest absolute Gasteiger partial charge is 0.252 e. The molecule has 37 heavy (non-hydrogen) atoms. The highest BCUT2D eigenvalue weighted by Crippen LogP contribution is 2.22. The van der Waals surface area contributed by atoms with Gasteiger partial charge in [-0.25, -0.2) is 0 Å². The number of hydrogen-bond acceptors (Lipinski definition) is 4. The van der Waals surface area contributed by atoms with Crippen molar-refractivity contribution in [3.63, 3.8) is 0 Å².